The second-order valence-corrected chi connectivity index (χ2v) is 7.87. The molecule has 9 heteroatoms. The molecule has 0 saturated heterocycles. The van der Waals surface area contributed by atoms with Gasteiger partial charge in [-0.1, -0.05) is 11.6 Å². The van der Waals surface area contributed by atoms with E-state index in [4.69, 9.17) is 31.5 Å². The van der Waals surface area contributed by atoms with Crippen LogP contribution in [0, 0.1) is 6.92 Å². The second kappa shape index (κ2) is 9.17. The summed E-state index contributed by atoms with van der Waals surface area (Å²) in [4.78, 5) is 22.3. The van der Waals surface area contributed by atoms with Gasteiger partial charge >= 0.3 is 6.09 Å². The standard InChI is InChI=1S/C20H27ClN4O4/c1-12-7-15(27-5)13(16(8-12)28-6)9-25(19(26)29-20(2,3)4)10-14-17(21)23-11-24-18(14)22/h7-8,11H,9-10H2,1-6H3,(H2,22,23,24). The number of amides is 1. The number of ether oxygens (including phenoxy) is 3. The number of carbonyl (C=O) groups is 1. The summed E-state index contributed by atoms with van der Waals surface area (Å²) in [6.45, 7) is 7.52. The molecular formula is C20H27ClN4O4. The van der Waals surface area contributed by atoms with Crippen LogP contribution >= 0.6 is 11.6 Å². The van der Waals surface area contributed by atoms with Gasteiger partial charge in [0, 0.05) is 0 Å². The molecule has 2 rings (SSSR count). The fourth-order valence-electron chi connectivity index (χ4n) is 2.71. The van der Waals surface area contributed by atoms with Gasteiger partial charge in [-0.2, -0.15) is 0 Å². The Labute approximate surface area is 175 Å². The predicted molar refractivity (Wildman–Crippen MR) is 111 cm³/mol. The molecule has 2 N–H and O–H groups in total. The van der Waals surface area contributed by atoms with E-state index in [0.29, 0.717) is 22.6 Å². The number of methoxy groups -OCH3 is 2. The van der Waals surface area contributed by atoms with Gasteiger partial charge in [0.15, 0.2) is 0 Å². The summed E-state index contributed by atoms with van der Waals surface area (Å²) in [5.74, 6) is 1.39. The smallest absolute Gasteiger partial charge is 0.410 e. The summed E-state index contributed by atoms with van der Waals surface area (Å²) in [6.07, 6.45) is 0.729. The van der Waals surface area contributed by atoms with E-state index < -0.39 is 11.7 Å². The Morgan fingerprint density at radius 2 is 1.66 bits per heavy atom. The lowest BCUT2D eigenvalue weighted by atomic mass is 10.1. The van der Waals surface area contributed by atoms with Crippen LogP contribution in [0.2, 0.25) is 5.15 Å². The van der Waals surface area contributed by atoms with Gasteiger partial charge < -0.3 is 19.9 Å². The third-order valence-corrected chi connectivity index (χ3v) is 4.35. The van der Waals surface area contributed by atoms with Crippen LogP contribution in [0.5, 0.6) is 11.5 Å². The molecule has 0 unspecified atom stereocenters. The molecule has 0 aliphatic heterocycles. The molecule has 0 aliphatic carbocycles. The van der Waals surface area contributed by atoms with E-state index in [1.807, 2.05) is 19.1 Å². The zero-order valence-corrected chi connectivity index (χ0v) is 18.3. The van der Waals surface area contributed by atoms with Crippen molar-refractivity contribution in [2.75, 3.05) is 20.0 Å². The Kier molecular flexibility index (Phi) is 7.13. The summed E-state index contributed by atoms with van der Waals surface area (Å²) in [7, 11) is 3.13. The Balaban J connectivity index is 2.47. The highest BCUT2D eigenvalue weighted by atomic mass is 35.5. The average Bonchev–Trinajstić information content (AvgIpc) is 2.62. The highest BCUT2D eigenvalue weighted by Gasteiger charge is 2.26. The van der Waals surface area contributed by atoms with Crippen molar-refractivity contribution in [2.45, 2.75) is 46.4 Å². The van der Waals surface area contributed by atoms with Crippen molar-refractivity contribution in [3.63, 3.8) is 0 Å². The summed E-state index contributed by atoms with van der Waals surface area (Å²) < 4.78 is 16.6. The Bertz CT molecular complexity index is 838. The highest BCUT2D eigenvalue weighted by molar-refractivity contribution is 6.30. The van der Waals surface area contributed by atoms with E-state index in [1.165, 1.54) is 11.2 Å². The number of nitrogens with two attached hydrogens (primary N) is 1. The van der Waals surface area contributed by atoms with Crippen molar-refractivity contribution >= 4 is 23.5 Å². The normalized spacial score (nSPS) is 11.1. The maximum Gasteiger partial charge on any atom is 0.410 e. The first-order valence-corrected chi connectivity index (χ1v) is 9.37. The molecular weight excluding hydrogens is 396 g/mol. The SMILES string of the molecule is COc1cc(C)cc(OC)c1CN(Cc1c(N)ncnc1Cl)C(=O)OC(C)(C)C. The lowest BCUT2D eigenvalue weighted by molar-refractivity contribution is 0.0214. The van der Waals surface area contributed by atoms with Crippen LogP contribution in [-0.2, 0) is 17.8 Å². The van der Waals surface area contributed by atoms with E-state index in [2.05, 4.69) is 9.97 Å². The molecule has 2 aromatic rings. The van der Waals surface area contributed by atoms with Gasteiger partial charge in [0.2, 0.25) is 0 Å². The minimum absolute atomic E-state index is 0.0562. The van der Waals surface area contributed by atoms with E-state index in [9.17, 15) is 4.79 Å². The zero-order valence-electron chi connectivity index (χ0n) is 17.6. The third-order valence-electron chi connectivity index (χ3n) is 4.03. The molecule has 0 bridgehead atoms. The molecule has 0 saturated carbocycles. The number of hydrogen-bond acceptors (Lipinski definition) is 7. The Hall–Kier alpha value is -2.74. The molecule has 0 aliphatic rings. The summed E-state index contributed by atoms with van der Waals surface area (Å²) in [5, 5.41) is 0.175. The lowest BCUT2D eigenvalue weighted by Gasteiger charge is -2.29. The molecule has 1 heterocycles. The Morgan fingerprint density at radius 3 is 2.14 bits per heavy atom. The molecule has 0 atom stereocenters. The van der Waals surface area contributed by atoms with Gasteiger partial charge in [-0.25, -0.2) is 14.8 Å². The molecule has 0 spiro atoms. The molecule has 1 aromatic carbocycles. The number of anilines is 1. The number of nitrogens with zero attached hydrogens (tertiary/aromatic N) is 3. The van der Waals surface area contributed by atoms with Crippen LogP contribution in [0.4, 0.5) is 10.6 Å². The van der Waals surface area contributed by atoms with Gasteiger partial charge in [0.05, 0.1) is 38.4 Å². The van der Waals surface area contributed by atoms with Gasteiger partial charge in [-0.15, -0.1) is 0 Å². The minimum atomic E-state index is -0.681. The number of aryl methyl sites for hydroxylation is 1. The van der Waals surface area contributed by atoms with Crippen LogP contribution in [0.25, 0.3) is 0 Å². The van der Waals surface area contributed by atoms with Crippen molar-refractivity contribution in [1.29, 1.82) is 0 Å². The first kappa shape index (κ1) is 22.5. The van der Waals surface area contributed by atoms with Crippen LogP contribution in [0.15, 0.2) is 18.5 Å². The molecule has 29 heavy (non-hydrogen) atoms. The maximum absolute atomic E-state index is 13.0. The number of rotatable bonds is 6. The minimum Gasteiger partial charge on any atom is -0.496 e. The van der Waals surface area contributed by atoms with Crippen molar-refractivity contribution < 1.29 is 19.0 Å². The van der Waals surface area contributed by atoms with Gasteiger partial charge in [0.1, 0.15) is 34.4 Å². The molecule has 0 radical (unpaired) electrons. The third kappa shape index (κ3) is 5.87. The molecule has 0 fully saturated rings. The quantitative estimate of drug-likeness (QED) is 0.702. The number of benzene rings is 1. The first-order chi connectivity index (χ1) is 13.6. The lowest BCUT2D eigenvalue weighted by Crippen LogP contribution is -2.36. The number of carbonyl (C=O) groups excluding carboxylic acids is 1. The van der Waals surface area contributed by atoms with Crippen molar-refractivity contribution in [3.8, 4) is 11.5 Å². The van der Waals surface area contributed by atoms with Crippen LogP contribution in [-0.4, -0.2) is 40.8 Å². The maximum atomic E-state index is 13.0. The first-order valence-electron chi connectivity index (χ1n) is 9.00. The summed E-state index contributed by atoms with van der Waals surface area (Å²) >= 11 is 6.19. The fourth-order valence-corrected chi connectivity index (χ4v) is 2.91. The largest absolute Gasteiger partial charge is 0.496 e. The van der Waals surface area contributed by atoms with Gasteiger partial charge in [0.25, 0.3) is 0 Å². The number of hydrogen-bond donors (Lipinski definition) is 1. The summed E-state index contributed by atoms with van der Waals surface area (Å²) in [5.41, 5.74) is 7.37. The molecule has 1 aromatic heterocycles. The van der Waals surface area contributed by atoms with Gasteiger partial charge in [-0.3, -0.25) is 4.90 Å². The number of halogens is 1. The molecule has 8 nitrogen and oxygen atoms in total. The second-order valence-electron chi connectivity index (χ2n) is 7.51. The Morgan fingerprint density at radius 1 is 1.10 bits per heavy atom. The summed E-state index contributed by atoms with van der Waals surface area (Å²) in [6, 6.07) is 3.75. The van der Waals surface area contributed by atoms with Crippen molar-refractivity contribution in [2.24, 2.45) is 0 Å². The van der Waals surface area contributed by atoms with Crippen LogP contribution in [0.1, 0.15) is 37.5 Å². The van der Waals surface area contributed by atoms with E-state index in [0.717, 1.165) is 5.56 Å². The van der Waals surface area contributed by atoms with Crippen LogP contribution in [0.3, 0.4) is 0 Å². The van der Waals surface area contributed by atoms with Crippen molar-refractivity contribution in [3.05, 3.63) is 40.3 Å². The van der Waals surface area contributed by atoms with Crippen molar-refractivity contribution in [1.82, 2.24) is 14.9 Å². The monoisotopic (exact) mass is 422 g/mol. The molecule has 158 valence electrons. The molecule has 1 amide bonds. The fraction of sp³-hybridized carbons (Fsp3) is 0.450. The number of aromatic nitrogens is 2. The van der Waals surface area contributed by atoms with E-state index in [-0.39, 0.29) is 24.1 Å². The average molecular weight is 423 g/mol. The number of nitrogen functional groups attached to an aromatic ring is 1. The van der Waals surface area contributed by atoms with Gasteiger partial charge in [-0.05, 0) is 45.4 Å². The highest BCUT2D eigenvalue weighted by Crippen LogP contribution is 2.33. The van der Waals surface area contributed by atoms with E-state index >= 15 is 0 Å². The zero-order chi connectivity index (χ0) is 21.8. The topological polar surface area (TPSA) is 99.8 Å². The van der Waals surface area contributed by atoms with Crippen LogP contribution < -0.4 is 15.2 Å². The predicted octanol–water partition coefficient (Wildman–Crippen LogP) is 3.98. The van der Waals surface area contributed by atoms with E-state index in [1.54, 1.807) is 35.0 Å².